The van der Waals surface area contributed by atoms with Gasteiger partial charge in [-0.15, -0.1) is 5.10 Å². The molecule has 0 unspecified atom stereocenters. The predicted octanol–water partition coefficient (Wildman–Crippen LogP) is -0.212. The lowest BCUT2D eigenvalue weighted by Gasteiger charge is -2.08. The lowest BCUT2D eigenvalue weighted by molar-refractivity contribution is 0.298. The van der Waals surface area contributed by atoms with E-state index in [0.717, 1.165) is 23.8 Å². The molecule has 1 heterocycles. The number of rotatable bonds is 3. The van der Waals surface area contributed by atoms with Crippen LogP contribution in [-0.2, 0) is 6.67 Å². The van der Waals surface area contributed by atoms with Gasteiger partial charge in [0.25, 0.3) is 0 Å². The van der Waals surface area contributed by atoms with Crippen LogP contribution < -0.4 is 10.7 Å². The van der Waals surface area contributed by atoms with Crippen LogP contribution in [0.5, 0.6) is 0 Å². The van der Waals surface area contributed by atoms with Crippen molar-refractivity contribution in [3.63, 3.8) is 0 Å². The number of hydrogen-bond acceptors (Lipinski definition) is 3. The van der Waals surface area contributed by atoms with Crippen molar-refractivity contribution in [1.29, 1.82) is 0 Å². The zero-order valence-corrected chi connectivity index (χ0v) is 9.36. The van der Waals surface area contributed by atoms with Gasteiger partial charge in [-0.05, 0) is 27.4 Å². The summed E-state index contributed by atoms with van der Waals surface area (Å²) in [6.45, 7) is 4.87. The molecule has 0 bridgehead atoms. The summed E-state index contributed by atoms with van der Waals surface area (Å²) in [5, 5.41) is 10.3. The standard InChI is InChI=1S/C10H18N4/c1-5-7-10-9(6-2)11-12-14(10)8-13(3)4/h6-7H,5,8H2,1-4H3/b9-6+,10-7+. The third kappa shape index (κ3) is 2.42. The molecule has 0 spiro atoms. The van der Waals surface area contributed by atoms with Crippen molar-refractivity contribution < 1.29 is 0 Å². The quantitative estimate of drug-likeness (QED) is 0.667. The Balaban J connectivity index is 3.19. The van der Waals surface area contributed by atoms with E-state index in [1.807, 2.05) is 31.8 Å². The van der Waals surface area contributed by atoms with Crippen LogP contribution in [0.25, 0.3) is 12.2 Å². The molecule has 1 aromatic heterocycles. The van der Waals surface area contributed by atoms with E-state index >= 15 is 0 Å². The zero-order valence-electron chi connectivity index (χ0n) is 9.36. The molecular weight excluding hydrogens is 176 g/mol. The van der Waals surface area contributed by atoms with Crippen LogP contribution in [0.1, 0.15) is 20.3 Å². The van der Waals surface area contributed by atoms with Gasteiger partial charge < -0.3 is 0 Å². The molecule has 0 fully saturated rings. The van der Waals surface area contributed by atoms with E-state index in [-0.39, 0.29) is 0 Å². The van der Waals surface area contributed by atoms with Crippen molar-refractivity contribution in [2.24, 2.45) is 0 Å². The minimum absolute atomic E-state index is 0.771. The van der Waals surface area contributed by atoms with Crippen LogP contribution in [0.2, 0.25) is 0 Å². The van der Waals surface area contributed by atoms with E-state index in [9.17, 15) is 0 Å². The molecule has 0 radical (unpaired) electrons. The molecule has 0 amide bonds. The number of nitrogens with zero attached hydrogens (tertiary/aromatic N) is 4. The summed E-state index contributed by atoms with van der Waals surface area (Å²) in [7, 11) is 4.04. The van der Waals surface area contributed by atoms with Crippen LogP contribution in [0, 0.1) is 0 Å². The van der Waals surface area contributed by atoms with Crippen LogP contribution in [0.4, 0.5) is 0 Å². The molecule has 0 aliphatic carbocycles. The van der Waals surface area contributed by atoms with E-state index in [4.69, 9.17) is 0 Å². The third-order valence-electron chi connectivity index (χ3n) is 1.89. The van der Waals surface area contributed by atoms with Gasteiger partial charge in [-0.1, -0.05) is 24.3 Å². The van der Waals surface area contributed by atoms with Gasteiger partial charge in [-0.3, -0.25) is 4.90 Å². The molecule has 0 aromatic carbocycles. The van der Waals surface area contributed by atoms with Crippen molar-refractivity contribution >= 4 is 12.2 Å². The highest BCUT2D eigenvalue weighted by molar-refractivity contribution is 5.22. The van der Waals surface area contributed by atoms with Crippen molar-refractivity contribution in [2.75, 3.05) is 14.1 Å². The monoisotopic (exact) mass is 194 g/mol. The highest BCUT2D eigenvalue weighted by Gasteiger charge is 1.99. The minimum atomic E-state index is 0.771. The lowest BCUT2D eigenvalue weighted by Crippen LogP contribution is -2.33. The molecule has 0 N–H and O–H groups in total. The second-order valence-corrected chi connectivity index (χ2v) is 3.48. The van der Waals surface area contributed by atoms with Gasteiger partial charge in [0.1, 0.15) is 5.35 Å². The average molecular weight is 194 g/mol. The first-order valence-electron chi connectivity index (χ1n) is 4.89. The van der Waals surface area contributed by atoms with Gasteiger partial charge in [0.2, 0.25) is 0 Å². The molecule has 1 aromatic rings. The first-order valence-corrected chi connectivity index (χ1v) is 4.89. The molecule has 0 saturated carbocycles. The SMILES string of the molecule is C/C=c1/nnn(CN(C)C)/c1=C/CC. The molecule has 0 aliphatic rings. The van der Waals surface area contributed by atoms with Crippen molar-refractivity contribution in [2.45, 2.75) is 26.9 Å². The van der Waals surface area contributed by atoms with E-state index < -0.39 is 0 Å². The van der Waals surface area contributed by atoms with Crippen LogP contribution in [-0.4, -0.2) is 34.0 Å². The Kier molecular flexibility index (Phi) is 3.83. The van der Waals surface area contributed by atoms with Crippen LogP contribution in [0.15, 0.2) is 0 Å². The summed E-state index contributed by atoms with van der Waals surface area (Å²) in [5.74, 6) is 0. The van der Waals surface area contributed by atoms with Crippen molar-refractivity contribution in [3.8, 4) is 0 Å². The average Bonchev–Trinajstić information content (AvgIpc) is 2.48. The van der Waals surface area contributed by atoms with E-state index in [1.54, 1.807) is 0 Å². The maximum Gasteiger partial charge on any atom is 0.108 e. The van der Waals surface area contributed by atoms with E-state index in [1.165, 1.54) is 0 Å². The minimum Gasteiger partial charge on any atom is -0.291 e. The Morgan fingerprint density at radius 1 is 1.43 bits per heavy atom. The Bertz CT molecular complexity index is 389. The molecule has 1 rings (SSSR count). The normalized spacial score (nSPS) is 14.4. The number of hydrogen-bond donors (Lipinski definition) is 0. The molecule has 14 heavy (non-hydrogen) atoms. The summed E-state index contributed by atoms with van der Waals surface area (Å²) in [4.78, 5) is 2.07. The van der Waals surface area contributed by atoms with E-state index in [0.29, 0.717) is 0 Å². The van der Waals surface area contributed by atoms with Crippen molar-refractivity contribution in [1.82, 2.24) is 19.9 Å². The topological polar surface area (TPSA) is 34.0 Å². The van der Waals surface area contributed by atoms with Crippen LogP contribution >= 0.6 is 0 Å². The van der Waals surface area contributed by atoms with Gasteiger partial charge in [0.05, 0.1) is 12.0 Å². The first-order chi connectivity index (χ1) is 6.69. The molecule has 78 valence electrons. The Labute approximate surface area is 84.5 Å². The fourth-order valence-electron chi connectivity index (χ4n) is 1.32. The predicted molar refractivity (Wildman–Crippen MR) is 57.9 cm³/mol. The smallest absolute Gasteiger partial charge is 0.108 e. The Hall–Kier alpha value is -1.16. The molecule has 0 saturated heterocycles. The van der Waals surface area contributed by atoms with Gasteiger partial charge in [0.15, 0.2) is 0 Å². The Morgan fingerprint density at radius 2 is 2.14 bits per heavy atom. The van der Waals surface area contributed by atoms with Crippen LogP contribution in [0.3, 0.4) is 0 Å². The summed E-state index contributed by atoms with van der Waals surface area (Å²) in [6.07, 6.45) is 5.14. The van der Waals surface area contributed by atoms with Gasteiger partial charge in [-0.25, -0.2) is 4.68 Å². The Morgan fingerprint density at radius 3 is 2.64 bits per heavy atom. The highest BCUT2D eigenvalue weighted by Crippen LogP contribution is 1.79. The number of aromatic nitrogens is 3. The molecule has 4 nitrogen and oxygen atoms in total. The third-order valence-corrected chi connectivity index (χ3v) is 1.89. The molecule has 4 heteroatoms. The molecular formula is C10H18N4. The summed E-state index contributed by atoms with van der Waals surface area (Å²) >= 11 is 0. The summed E-state index contributed by atoms with van der Waals surface area (Å²) < 4.78 is 1.92. The molecule has 0 aliphatic heterocycles. The second kappa shape index (κ2) is 4.91. The maximum absolute atomic E-state index is 4.11. The maximum atomic E-state index is 4.11. The van der Waals surface area contributed by atoms with Gasteiger partial charge in [0, 0.05) is 0 Å². The van der Waals surface area contributed by atoms with E-state index in [2.05, 4.69) is 28.2 Å². The first kappa shape index (κ1) is 10.9. The summed E-state index contributed by atoms with van der Waals surface area (Å²) in [6, 6.07) is 0. The summed E-state index contributed by atoms with van der Waals surface area (Å²) in [5.41, 5.74) is 0. The highest BCUT2D eigenvalue weighted by atomic mass is 15.5. The van der Waals surface area contributed by atoms with Crippen molar-refractivity contribution in [3.05, 3.63) is 10.7 Å². The lowest BCUT2D eigenvalue weighted by atomic mass is 10.4. The largest absolute Gasteiger partial charge is 0.291 e. The fraction of sp³-hybridized carbons (Fsp3) is 0.600. The molecule has 0 atom stereocenters. The fourth-order valence-corrected chi connectivity index (χ4v) is 1.32. The van der Waals surface area contributed by atoms with Gasteiger partial charge in [-0.2, -0.15) is 0 Å². The zero-order chi connectivity index (χ0) is 10.6. The van der Waals surface area contributed by atoms with Gasteiger partial charge >= 0.3 is 0 Å². The second-order valence-electron chi connectivity index (χ2n) is 3.48.